The molecule has 4 aromatic rings. The zero-order valence-electron chi connectivity index (χ0n) is 26.0. The molecule has 0 spiro atoms. The minimum atomic E-state index is -1.02. The number of rotatable bonds is 4. The maximum atomic E-state index is 11.7. The highest BCUT2D eigenvalue weighted by atomic mass is 16.5. The number of aliphatic hydroxyl groups excluding tert-OH is 2. The highest BCUT2D eigenvalue weighted by Crippen LogP contribution is 2.45. The van der Waals surface area contributed by atoms with Crippen LogP contribution in [-0.2, 0) is 0 Å². The molecule has 4 aliphatic rings. The van der Waals surface area contributed by atoms with E-state index in [2.05, 4.69) is 0 Å². The molecule has 0 aromatic heterocycles. The SMILES string of the molecule is O=C(O)c1ccccc1C1=C2C=CC(O)=CC2Oc2cc(O)ccc21.O=C(O)c1ccccc1C1=C2C=CC(O)=CC2Oc2cc(O)ccc21.[HH]. The van der Waals surface area contributed by atoms with E-state index >= 15 is 0 Å². The summed E-state index contributed by atoms with van der Waals surface area (Å²) in [6.07, 6.45) is 8.52. The second-order valence-corrected chi connectivity index (χ2v) is 11.6. The van der Waals surface area contributed by atoms with E-state index in [0.717, 1.165) is 11.1 Å². The Labute approximate surface area is 286 Å². The molecule has 0 fully saturated rings. The highest BCUT2D eigenvalue weighted by molar-refractivity contribution is 6.01. The predicted octanol–water partition coefficient (Wildman–Crippen LogP) is 7.58. The molecule has 2 heterocycles. The number of benzene rings is 4. The first kappa shape index (κ1) is 31.6. The van der Waals surface area contributed by atoms with Crippen molar-refractivity contribution in [2.75, 3.05) is 0 Å². The molecule has 0 amide bonds. The van der Waals surface area contributed by atoms with Crippen LogP contribution in [0.15, 0.2) is 144 Å². The summed E-state index contributed by atoms with van der Waals surface area (Å²) in [5, 5.41) is 58.2. The standard InChI is InChI=1S/2C20H14O5.H2/c2*21-11-5-7-15-17(9-11)25-18-10-12(22)6-8-16(18)19(15)13-3-1-2-4-14(13)20(23)24;/h2*1-10,17,21-22H,(H,23,24);1H. The van der Waals surface area contributed by atoms with Crippen molar-refractivity contribution in [3.8, 4) is 23.0 Å². The molecule has 0 bridgehead atoms. The number of allylic oxidation sites excluding steroid dienone is 2. The van der Waals surface area contributed by atoms with E-state index < -0.39 is 24.1 Å². The molecule has 0 saturated heterocycles. The molecule has 2 aliphatic heterocycles. The zero-order valence-corrected chi connectivity index (χ0v) is 26.0. The van der Waals surface area contributed by atoms with Crippen LogP contribution in [0.5, 0.6) is 23.0 Å². The maximum Gasteiger partial charge on any atom is 0.336 e. The minimum Gasteiger partial charge on any atom is -0.508 e. The molecule has 4 aromatic carbocycles. The molecular weight excluding hydrogens is 640 g/mol. The van der Waals surface area contributed by atoms with Gasteiger partial charge in [0.2, 0.25) is 0 Å². The average Bonchev–Trinajstić information content (AvgIpc) is 3.09. The van der Waals surface area contributed by atoms with Gasteiger partial charge in [-0.25, -0.2) is 9.59 Å². The van der Waals surface area contributed by atoms with Gasteiger partial charge in [0, 0.05) is 59.1 Å². The number of carbonyl (C=O) groups is 2. The molecule has 6 N–H and O–H groups in total. The molecule has 0 saturated carbocycles. The summed E-state index contributed by atoms with van der Waals surface area (Å²) in [5.74, 6) is -0.936. The molecule has 10 nitrogen and oxygen atoms in total. The topological polar surface area (TPSA) is 174 Å². The molecule has 8 rings (SSSR count). The van der Waals surface area contributed by atoms with Crippen LogP contribution in [0.4, 0.5) is 0 Å². The Bertz CT molecular complexity index is 2130. The van der Waals surface area contributed by atoms with Gasteiger partial charge >= 0.3 is 11.9 Å². The van der Waals surface area contributed by atoms with E-state index in [0.29, 0.717) is 44.9 Å². The van der Waals surface area contributed by atoms with E-state index in [-0.39, 0.29) is 35.6 Å². The van der Waals surface area contributed by atoms with Crippen LogP contribution in [-0.4, -0.2) is 54.8 Å². The van der Waals surface area contributed by atoms with Gasteiger partial charge in [-0.15, -0.1) is 0 Å². The van der Waals surface area contributed by atoms with E-state index in [1.807, 2.05) is 0 Å². The van der Waals surface area contributed by atoms with Gasteiger partial charge in [-0.2, -0.15) is 0 Å². The van der Waals surface area contributed by atoms with E-state index in [1.54, 1.807) is 97.1 Å². The summed E-state index contributed by atoms with van der Waals surface area (Å²) >= 11 is 0. The van der Waals surface area contributed by atoms with Gasteiger partial charge in [0.05, 0.1) is 11.1 Å². The van der Waals surface area contributed by atoms with Crippen LogP contribution in [0.3, 0.4) is 0 Å². The molecule has 2 atom stereocenters. The summed E-state index contributed by atoms with van der Waals surface area (Å²) in [6.45, 7) is 0. The van der Waals surface area contributed by atoms with Crippen molar-refractivity contribution in [1.82, 2.24) is 0 Å². The Hall–Kier alpha value is -6.94. The second kappa shape index (κ2) is 12.6. The number of aliphatic hydroxyl groups is 2. The summed E-state index contributed by atoms with van der Waals surface area (Å²) in [6, 6.07) is 22.9. The largest absolute Gasteiger partial charge is 0.508 e. The number of carboxylic acid groups (broad SMARTS) is 2. The van der Waals surface area contributed by atoms with Crippen LogP contribution >= 0.6 is 0 Å². The van der Waals surface area contributed by atoms with Crippen molar-refractivity contribution in [1.29, 1.82) is 0 Å². The summed E-state index contributed by atoms with van der Waals surface area (Å²) < 4.78 is 11.8. The van der Waals surface area contributed by atoms with Gasteiger partial charge in [-0.1, -0.05) is 48.6 Å². The van der Waals surface area contributed by atoms with Crippen molar-refractivity contribution in [3.05, 3.63) is 177 Å². The summed E-state index contributed by atoms with van der Waals surface area (Å²) in [5.41, 5.74) is 5.79. The van der Waals surface area contributed by atoms with Crippen LogP contribution < -0.4 is 9.47 Å². The Morgan fingerprint density at radius 1 is 0.520 bits per heavy atom. The van der Waals surface area contributed by atoms with Crippen molar-refractivity contribution >= 4 is 23.1 Å². The molecule has 250 valence electrons. The number of ether oxygens (including phenoxy) is 2. The van der Waals surface area contributed by atoms with Crippen LogP contribution in [0.25, 0.3) is 11.1 Å². The second-order valence-electron chi connectivity index (χ2n) is 11.6. The average molecular weight is 671 g/mol. The minimum absolute atomic E-state index is 0. The zero-order chi connectivity index (χ0) is 35.1. The lowest BCUT2D eigenvalue weighted by atomic mass is 9.84. The molecule has 50 heavy (non-hydrogen) atoms. The van der Waals surface area contributed by atoms with Crippen molar-refractivity contribution < 1.29 is 51.1 Å². The van der Waals surface area contributed by atoms with E-state index in [4.69, 9.17) is 9.47 Å². The molecule has 2 unspecified atom stereocenters. The molecular formula is C40H30O10. The number of hydrogen-bond donors (Lipinski definition) is 6. The van der Waals surface area contributed by atoms with Crippen LogP contribution in [0.2, 0.25) is 0 Å². The quantitative estimate of drug-likeness (QED) is 0.127. The fourth-order valence-electron chi connectivity index (χ4n) is 6.38. The lowest BCUT2D eigenvalue weighted by Gasteiger charge is -2.30. The molecule has 2 aliphatic carbocycles. The first-order chi connectivity index (χ1) is 24.1. The Morgan fingerprint density at radius 3 is 1.32 bits per heavy atom. The number of carboxylic acids is 2. The number of aromatic carboxylic acids is 2. The molecule has 0 radical (unpaired) electrons. The van der Waals surface area contributed by atoms with Gasteiger partial charge in [0.15, 0.2) is 0 Å². The van der Waals surface area contributed by atoms with E-state index in [1.165, 1.54) is 24.3 Å². The lowest BCUT2D eigenvalue weighted by Crippen LogP contribution is -2.25. The first-order valence-corrected chi connectivity index (χ1v) is 15.4. The highest BCUT2D eigenvalue weighted by Gasteiger charge is 2.32. The van der Waals surface area contributed by atoms with Crippen LogP contribution in [0.1, 0.15) is 44.4 Å². The normalized spacial score (nSPS) is 18.1. The lowest BCUT2D eigenvalue weighted by molar-refractivity contribution is 0.0685. The Balaban J connectivity index is 0.000000172. The third-order valence-electron chi connectivity index (χ3n) is 8.53. The fraction of sp³-hybridized carbons (Fsp3) is 0.0500. The number of phenols is 2. The number of phenolic OH excluding ortho intramolecular Hbond substituents is 2. The number of aromatic hydroxyl groups is 2. The van der Waals surface area contributed by atoms with Gasteiger partial charge in [-0.3, -0.25) is 0 Å². The third-order valence-corrected chi connectivity index (χ3v) is 8.53. The maximum absolute atomic E-state index is 11.7. The van der Waals surface area contributed by atoms with Crippen molar-refractivity contribution in [2.45, 2.75) is 12.2 Å². The van der Waals surface area contributed by atoms with Gasteiger partial charge in [-0.05, 0) is 59.7 Å². The van der Waals surface area contributed by atoms with Crippen molar-refractivity contribution in [2.24, 2.45) is 0 Å². The molecule has 10 heteroatoms. The number of hydrogen-bond acceptors (Lipinski definition) is 8. The van der Waals surface area contributed by atoms with E-state index in [9.17, 15) is 40.2 Å². The summed E-state index contributed by atoms with van der Waals surface area (Å²) in [4.78, 5) is 23.4. The monoisotopic (exact) mass is 670 g/mol. The number of fused-ring (bicyclic) bond motifs is 4. The first-order valence-electron chi connectivity index (χ1n) is 15.4. The third kappa shape index (κ3) is 5.75. The predicted molar refractivity (Wildman–Crippen MR) is 186 cm³/mol. The van der Waals surface area contributed by atoms with Crippen LogP contribution in [0, 0.1) is 0 Å². The smallest absolute Gasteiger partial charge is 0.336 e. The van der Waals surface area contributed by atoms with Crippen molar-refractivity contribution in [3.63, 3.8) is 0 Å². The van der Waals surface area contributed by atoms with Gasteiger partial charge in [0.25, 0.3) is 0 Å². The Kier molecular flexibility index (Phi) is 7.97. The van der Waals surface area contributed by atoms with Gasteiger partial charge < -0.3 is 40.1 Å². The van der Waals surface area contributed by atoms with Gasteiger partial charge in [0.1, 0.15) is 46.7 Å². The fourth-order valence-corrected chi connectivity index (χ4v) is 6.38. The Morgan fingerprint density at radius 2 is 0.920 bits per heavy atom. The summed E-state index contributed by atoms with van der Waals surface area (Å²) in [7, 11) is 0.